The topological polar surface area (TPSA) is 38.3 Å². The highest BCUT2D eigenvalue weighted by Crippen LogP contribution is 2.52. The molecule has 0 radical (unpaired) electrons. The summed E-state index contributed by atoms with van der Waals surface area (Å²) in [5, 5.41) is 2.75. The number of fused-ring (bicyclic) bond motifs is 2. The van der Waals surface area contributed by atoms with E-state index in [9.17, 15) is 18.0 Å². The molecule has 2 aliphatic carbocycles. The highest BCUT2D eigenvalue weighted by Gasteiger charge is 2.63. The first-order valence-electron chi connectivity index (χ1n) is 9.20. The van der Waals surface area contributed by atoms with Crippen LogP contribution in [0.1, 0.15) is 38.7 Å². The molecule has 2 fully saturated rings. The number of methoxy groups -OCH3 is 1. The molecular weight excluding hydrogens is 343 g/mol. The molecule has 0 unspecified atom stereocenters. The average molecular weight is 369 g/mol. The Bertz CT molecular complexity index is 646. The Balaban J connectivity index is 1.94. The van der Waals surface area contributed by atoms with Crippen molar-refractivity contribution in [2.24, 2.45) is 23.7 Å². The van der Waals surface area contributed by atoms with Crippen molar-refractivity contribution in [2.75, 3.05) is 7.11 Å². The molecule has 2 bridgehead atoms. The number of rotatable bonds is 5. The minimum atomic E-state index is -4.86. The Hall–Kier alpha value is -1.56. The molecule has 1 amide bonds. The van der Waals surface area contributed by atoms with Crippen molar-refractivity contribution in [3.05, 3.63) is 35.9 Å². The first kappa shape index (κ1) is 19.2. The lowest BCUT2D eigenvalue weighted by molar-refractivity contribution is -0.266. The number of carbonyl (C=O) groups excluding carboxylic acids is 1. The predicted molar refractivity (Wildman–Crippen MR) is 92.3 cm³/mol. The van der Waals surface area contributed by atoms with Crippen molar-refractivity contribution in [1.82, 2.24) is 5.32 Å². The zero-order valence-electron chi connectivity index (χ0n) is 15.3. The van der Waals surface area contributed by atoms with Gasteiger partial charge in [-0.2, -0.15) is 13.2 Å². The average Bonchev–Trinajstić information content (AvgIpc) is 3.17. The van der Waals surface area contributed by atoms with E-state index < -0.39 is 17.7 Å². The van der Waals surface area contributed by atoms with E-state index in [-0.39, 0.29) is 23.4 Å². The lowest BCUT2D eigenvalue weighted by Gasteiger charge is -2.39. The molecule has 1 aromatic carbocycles. The normalized spacial score (nSPS) is 30.4. The summed E-state index contributed by atoms with van der Waals surface area (Å²) in [7, 11) is 0.945. The second kappa shape index (κ2) is 6.87. The van der Waals surface area contributed by atoms with Crippen molar-refractivity contribution >= 4 is 5.91 Å². The maximum Gasteiger partial charge on any atom is 0.430 e. The van der Waals surface area contributed by atoms with Gasteiger partial charge in [-0.25, -0.2) is 0 Å². The summed E-state index contributed by atoms with van der Waals surface area (Å²) in [6.07, 6.45) is -1.80. The fourth-order valence-corrected chi connectivity index (χ4v) is 5.18. The lowest BCUT2D eigenvalue weighted by Crippen LogP contribution is -2.59. The van der Waals surface area contributed by atoms with Crippen molar-refractivity contribution in [3.8, 4) is 0 Å². The van der Waals surface area contributed by atoms with Crippen molar-refractivity contribution in [2.45, 2.75) is 50.9 Å². The molecule has 0 spiro atoms. The Morgan fingerprint density at radius 2 is 1.77 bits per heavy atom. The molecule has 144 valence electrons. The Labute approximate surface area is 152 Å². The summed E-state index contributed by atoms with van der Waals surface area (Å²) in [6.45, 7) is 4.16. The lowest BCUT2D eigenvalue weighted by atomic mass is 9.77. The number of nitrogens with one attached hydrogen (secondary N) is 1. The molecule has 5 atom stereocenters. The van der Waals surface area contributed by atoms with Gasteiger partial charge in [-0.3, -0.25) is 4.79 Å². The van der Waals surface area contributed by atoms with Crippen molar-refractivity contribution in [3.63, 3.8) is 0 Å². The van der Waals surface area contributed by atoms with Crippen LogP contribution in [0.15, 0.2) is 30.3 Å². The van der Waals surface area contributed by atoms with E-state index in [4.69, 9.17) is 4.74 Å². The van der Waals surface area contributed by atoms with Crippen LogP contribution in [0.25, 0.3) is 0 Å². The quantitative estimate of drug-likeness (QED) is 0.841. The van der Waals surface area contributed by atoms with Crippen LogP contribution in [-0.2, 0) is 15.1 Å². The molecule has 3 nitrogen and oxygen atoms in total. The third-order valence-corrected chi connectivity index (χ3v) is 6.25. The van der Waals surface area contributed by atoms with Gasteiger partial charge in [0, 0.05) is 18.7 Å². The summed E-state index contributed by atoms with van der Waals surface area (Å²) in [5.74, 6) is 0.174. The molecular formula is C20H26F3NO2. The molecule has 0 aliphatic heterocycles. The van der Waals surface area contributed by atoms with Gasteiger partial charge in [-0.15, -0.1) is 0 Å². The number of carbonyl (C=O) groups is 1. The zero-order valence-corrected chi connectivity index (χ0v) is 15.3. The van der Waals surface area contributed by atoms with E-state index >= 15 is 0 Å². The van der Waals surface area contributed by atoms with Gasteiger partial charge in [0.25, 0.3) is 11.5 Å². The smallest absolute Gasteiger partial charge is 0.356 e. The molecule has 2 saturated carbocycles. The summed E-state index contributed by atoms with van der Waals surface area (Å²) < 4.78 is 47.0. The molecule has 3 rings (SSSR count). The molecule has 2 aliphatic rings. The first-order chi connectivity index (χ1) is 12.2. The van der Waals surface area contributed by atoms with Gasteiger partial charge in [0.05, 0.1) is 0 Å². The summed E-state index contributed by atoms with van der Waals surface area (Å²) in [6, 6.07) is 6.94. The summed E-state index contributed by atoms with van der Waals surface area (Å²) in [4.78, 5) is 13.0. The molecule has 1 aromatic rings. The number of amides is 1. The number of ether oxygens (including phenoxy) is 1. The van der Waals surface area contributed by atoms with E-state index in [1.54, 1.807) is 6.07 Å². The van der Waals surface area contributed by atoms with E-state index in [0.29, 0.717) is 11.8 Å². The van der Waals surface area contributed by atoms with E-state index in [1.807, 2.05) is 0 Å². The fourth-order valence-electron chi connectivity index (χ4n) is 5.18. The van der Waals surface area contributed by atoms with Crippen LogP contribution in [0.4, 0.5) is 13.2 Å². The zero-order chi connectivity index (χ0) is 19.1. The summed E-state index contributed by atoms with van der Waals surface area (Å²) >= 11 is 0. The van der Waals surface area contributed by atoms with Crippen LogP contribution in [0, 0.1) is 23.7 Å². The molecule has 6 heteroatoms. The van der Waals surface area contributed by atoms with Gasteiger partial charge in [-0.1, -0.05) is 44.2 Å². The van der Waals surface area contributed by atoms with Crippen molar-refractivity contribution < 1.29 is 22.7 Å². The second-order valence-electron chi connectivity index (χ2n) is 7.90. The number of halogens is 3. The number of hydrogen-bond acceptors (Lipinski definition) is 2. The van der Waals surface area contributed by atoms with Gasteiger partial charge in [0.1, 0.15) is 0 Å². The SMILES string of the molecule is CO[C@@](C(=O)N[C@@H]1[C@@H]2CC[C@@H](C2)[C@H]1C(C)C)(c1ccccc1)C(F)(F)F. The Morgan fingerprint density at radius 1 is 1.15 bits per heavy atom. The fraction of sp³-hybridized carbons (Fsp3) is 0.650. The Kier molecular flexibility index (Phi) is 5.08. The Morgan fingerprint density at radius 3 is 2.31 bits per heavy atom. The standard InChI is InChI=1S/C20H26F3NO2/c1-12(2)16-13-9-10-14(11-13)17(16)24-18(25)19(26-3,20(21,22)23)15-7-5-4-6-8-15/h4-8,12-14,16-17H,9-11H2,1-3H3,(H,24,25)/t13-,14+,16+,17+,19+/m0/s1. The van der Waals surface area contributed by atoms with Crippen LogP contribution < -0.4 is 5.32 Å². The van der Waals surface area contributed by atoms with Gasteiger partial charge in [0.2, 0.25) is 0 Å². The van der Waals surface area contributed by atoms with Gasteiger partial charge >= 0.3 is 6.18 Å². The third kappa shape index (κ3) is 2.92. The van der Waals surface area contributed by atoms with E-state index in [0.717, 1.165) is 26.4 Å². The van der Waals surface area contributed by atoms with Crippen LogP contribution in [0.5, 0.6) is 0 Å². The van der Waals surface area contributed by atoms with Gasteiger partial charge < -0.3 is 10.1 Å². The van der Waals surface area contributed by atoms with E-state index in [1.165, 1.54) is 24.3 Å². The first-order valence-corrected chi connectivity index (χ1v) is 9.20. The minimum absolute atomic E-state index is 0.197. The maximum absolute atomic E-state index is 14.0. The summed E-state index contributed by atoms with van der Waals surface area (Å²) in [5.41, 5.74) is -3.19. The highest BCUT2D eigenvalue weighted by atomic mass is 19.4. The number of hydrogen-bond donors (Lipinski definition) is 1. The largest absolute Gasteiger partial charge is 0.430 e. The second-order valence-corrected chi connectivity index (χ2v) is 7.90. The molecule has 26 heavy (non-hydrogen) atoms. The molecule has 0 saturated heterocycles. The minimum Gasteiger partial charge on any atom is -0.356 e. The molecule has 0 aromatic heterocycles. The number of benzene rings is 1. The van der Waals surface area contributed by atoms with Crippen LogP contribution in [0.3, 0.4) is 0 Å². The van der Waals surface area contributed by atoms with E-state index in [2.05, 4.69) is 19.2 Å². The van der Waals surface area contributed by atoms with Gasteiger partial charge in [0.15, 0.2) is 0 Å². The van der Waals surface area contributed by atoms with Crippen LogP contribution >= 0.6 is 0 Å². The monoisotopic (exact) mass is 369 g/mol. The van der Waals surface area contributed by atoms with Crippen molar-refractivity contribution in [1.29, 1.82) is 0 Å². The molecule has 1 N–H and O–H groups in total. The number of alkyl halides is 3. The highest BCUT2D eigenvalue weighted by molar-refractivity contribution is 5.88. The maximum atomic E-state index is 14.0. The van der Waals surface area contributed by atoms with Crippen LogP contribution in [0.2, 0.25) is 0 Å². The molecule has 0 heterocycles. The van der Waals surface area contributed by atoms with Gasteiger partial charge in [-0.05, 0) is 42.9 Å². The van der Waals surface area contributed by atoms with Crippen LogP contribution in [-0.4, -0.2) is 25.2 Å². The predicted octanol–water partition coefficient (Wildman–Crippen LogP) is 4.28. The third-order valence-electron chi connectivity index (χ3n) is 6.25.